The Kier molecular flexibility index (Phi) is 18.0. The fraction of sp³-hybridized carbons (Fsp3) is 0.333. The lowest BCUT2D eigenvalue weighted by Gasteiger charge is -2.62. The lowest BCUT2D eigenvalue weighted by molar-refractivity contribution is -0.219. The zero-order valence-electron chi connectivity index (χ0n) is 44.2. The van der Waals surface area contributed by atoms with Gasteiger partial charge in [0.05, 0.1) is 38.6 Å². The number of amides is 1. The van der Waals surface area contributed by atoms with Crippen LogP contribution in [0, 0.1) is 28.6 Å². The molecule has 4 aliphatic carbocycles. The smallest absolute Gasteiger partial charge is 0.344 e. The number of allylic oxidation sites excluding steroid dienone is 4. The van der Waals surface area contributed by atoms with Crippen LogP contribution < -0.4 is 19.5 Å². The van der Waals surface area contributed by atoms with Crippen molar-refractivity contribution >= 4 is 162 Å². The summed E-state index contributed by atoms with van der Waals surface area (Å²) in [4.78, 5) is 54.4. The van der Waals surface area contributed by atoms with E-state index in [9.17, 15) is 51.3 Å². The summed E-state index contributed by atoms with van der Waals surface area (Å²) >= 11 is 25.5. The van der Waals surface area contributed by atoms with Gasteiger partial charge < -0.3 is 25.4 Å². The number of aromatic nitrogens is 2. The quantitative estimate of drug-likeness (QED) is 0.0227. The first-order chi connectivity index (χ1) is 39.7. The molecule has 8 atom stereocenters. The summed E-state index contributed by atoms with van der Waals surface area (Å²) in [5.41, 5.74) is -4.67. The predicted molar refractivity (Wildman–Crippen MR) is 316 cm³/mol. The number of ketones is 2. The highest BCUT2D eigenvalue weighted by atomic mass is 35.5. The Hall–Kier alpha value is -6.17. The molecule has 6 N–H and O–H groups in total. The Balaban J connectivity index is 0.000000251. The number of rotatable bonds is 16. The molecule has 3 fully saturated rings. The van der Waals surface area contributed by atoms with Gasteiger partial charge >= 0.3 is 5.97 Å². The Morgan fingerprint density at radius 3 is 1.93 bits per heavy atom. The molecule has 0 spiro atoms. The standard InChI is InChI=1S/C32H21Cl4N9O7S4.C22H29FO5/c33-27(34)29(46)39-22-3-1-2-21-25(22)23(42-40-17-4-8-19(9-5-17)55(48,49)44-31-37-12-14-53-31)16-24(26(21)52-30(47)28(35)36)43-41-18-6-10-20(11-7-18)56(50,51)45-32-38-13-15-54-32;1-12-8-16-15-5-4-13-9-14(25)6-7-19(13,2)21(15,23)17(26)10-20(16,3)22(12,28)18(27)11-24/h1-16,27-28H,(H,37,44)(H,38,45)(H,39,46);6-7,9,12,15-17,24,26,28H,4-5,8,10-11H2,1-3H3. The number of aliphatic hydroxyl groups is 3. The van der Waals surface area contributed by atoms with E-state index in [1.54, 1.807) is 37.6 Å². The number of sulfonamides is 2. The number of carbonyl (C=O) groups is 4. The van der Waals surface area contributed by atoms with E-state index in [2.05, 4.69) is 45.2 Å². The van der Waals surface area contributed by atoms with Crippen molar-refractivity contribution in [1.82, 2.24) is 9.97 Å². The number of alkyl halides is 5. The van der Waals surface area contributed by atoms with Crippen molar-refractivity contribution in [3.05, 3.63) is 120 Å². The third-order valence-corrected chi connectivity index (χ3v) is 20.9. The molecule has 0 saturated heterocycles. The van der Waals surface area contributed by atoms with Crippen LogP contribution in [0.15, 0.2) is 150 Å². The van der Waals surface area contributed by atoms with Crippen LogP contribution in [0.5, 0.6) is 5.75 Å². The van der Waals surface area contributed by atoms with Crippen LogP contribution in [-0.2, 0) is 39.2 Å². The Labute approximate surface area is 508 Å². The number of nitrogens with zero attached hydrogens (tertiary/aromatic N) is 6. The molecule has 8 unspecified atom stereocenters. The number of fused-ring (bicyclic) bond motifs is 6. The number of hydrogen-bond donors (Lipinski definition) is 6. The molecule has 0 aliphatic heterocycles. The first-order valence-electron chi connectivity index (χ1n) is 25.4. The first-order valence-corrected chi connectivity index (χ1v) is 31.9. The van der Waals surface area contributed by atoms with E-state index in [0.717, 1.165) is 22.7 Å². The van der Waals surface area contributed by atoms with Crippen LogP contribution in [0.3, 0.4) is 0 Å². The number of halogens is 5. The van der Waals surface area contributed by atoms with Crippen LogP contribution in [-0.4, -0.2) is 99.2 Å². The van der Waals surface area contributed by atoms with Gasteiger partial charge in [-0.2, -0.15) is 10.2 Å². The van der Waals surface area contributed by atoms with E-state index in [0.29, 0.717) is 24.8 Å². The van der Waals surface area contributed by atoms with Gasteiger partial charge in [-0.15, -0.1) is 32.9 Å². The average Bonchev–Trinajstić information content (AvgIpc) is 1.33. The average molecular weight is 1310 g/mol. The minimum atomic E-state index is -3.95. The number of nitrogens with one attached hydrogen (secondary N) is 3. The van der Waals surface area contributed by atoms with Crippen molar-refractivity contribution in [2.45, 2.75) is 83.3 Å². The minimum Gasteiger partial charge on any atom is -0.421 e. The molecular weight excluding hydrogens is 1260 g/mol. The minimum absolute atomic E-state index is 0.0514. The van der Waals surface area contributed by atoms with Crippen molar-refractivity contribution in [2.75, 3.05) is 21.4 Å². The van der Waals surface area contributed by atoms with Crippen molar-refractivity contribution in [3.8, 4) is 5.75 Å². The summed E-state index contributed by atoms with van der Waals surface area (Å²) in [5.74, 6) is -4.18. The zero-order valence-corrected chi connectivity index (χ0v) is 50.5. The number of Topliss-reactive ketones (excluding diaryl/α,β-unsaturated/α-hetero) is 1. The van der Waals surface area contributed by atoms with Gasteiger partial charge in [-0.1, -0.05) is 84.0 Å². The van der Waals surface area contributed by atoms with Gasteiger partial charge in [0.1, 0.15) is 17.9 Å². The number of ether oxygens (including phenoxy) is 1. The van der Waals surface area contributed by atoms with Gasteiger partial charge in [0, 0.05) is 50.7 Å². The van der Waals surface area contributed by atoms with Crippen LogP contribution in [0.2, 0.25) is 0 Å². The Morgan fingerprint density at radius 1 is 0.833 bits per heavy atom. The maximum absolute atomic E-state index is 16.9. The summed E-state index contributed by atoms with van der Waals surface area (Å²) in [5, 5.41) is 55.6. The predicted octanol–water partition coefficient (Wildman–Crippen LogP) is 11.5. The molecule has 84 heavy (non-hydrogen) atoms. The molecule has 442 valence electrons. The molecule has 4 aliphatic rings. The monoisotopic (exact) mass is 1300 g/mol. The molecule has 1 amide bonds. The third-order valence-electron chi connectivity index (χ3n) is 15.8. The highest BCUT2D eigenvalue weighted by Crippen LogP contribution is 2.70. The largest absolute Gasteiger partial charge is 0.421 e. The molecule has 2 aromatic heterocycles. The third kappa shape index (κ3) is 11.8. The fourth-order valence-electron chi connectivity index (χ4n) is 11.9. The first kappa shape index (κ1) is 62.4. The highest BCUT2D eigenvalue weighted by Gasteiger charge is 2.75. The molecule has 2 heterocycles. The summed E-state index contributed by atoms with van der Waals surface area (Å²) in [6.45, 7) is 4.48. The van der Waals surface area contributed by atoms with Gasteiger partial charge in [-0.3, -0.25) is 23.8 Å². The second-order valence-corrected chi connectivity index (χ2v) is 27.9. The van der Waals surface area contributed by atoms with Gasteiger partial charge in [0.15, 0.2) is 38.1 Å². The zero-order chi connectivity index (χ0) is 60.7. The number of benzene rings is 4. The highest BCUT2D eigenvalue weighted by molar-refractivity contribution is 7.93. The molecule has 4 aromatic carbocycles. The molecule has 10 rings (SSSR count). The van der Waals surface area contributed by atoms with E-state index in [1.807, 2.05) is 0 Å². The van der Waals surface area contributed by atoms with Gasteiger partial charge in [-0.05, 0) is 117 Å². The van der Waals surface area contributed by atoms with Crippen molar-refractivity contribution in [2.24, 2.45) is 49.0 Å². The Morgan fingerprint density at radius 2 is 1.40 bits per heavy atom. The maximum atomic E-state index is 16.9. The fourth-order valence-corrected chi connectivity index (χ4v) is 15.7. The number of anilines is 3. The van der Waals surface area contributed by atoms with E-state index >= 15 is 4.39 Å². The number of azo groups is 2. The van der Waals surface area contributed by atoms with Crippen molar-refractivity contribution < 1.29 is 60.5 Å². The van der Waals surface area contributed by atoms with Gasteiger partial charge in [0.25, 0.3) is 26.0 Å². The van der Waals surface area contributed by atoms with Crippen LogP contribution in [0.25, 0.3) is 10.8 Å². The van der Waals surface area contributed by atoms with E-state index in [4.69, 9.17) is 51.1 Å². The summed E-state index contributed by atoms with van der Waals surface area (Å²) in [7, 11) is -7.91. The molecule has 21 nitrogen and oxygen atoms in total. The van der Waals surface area contributed by atoms with Gasteiger partial charge in [0.2, 0.25) is 4.84 Å². The van der Waals surface area contributed by atoms with Crippen LogP contribution in [0.4, 0.5) is 43.1 Å². The molecule has 6 aromatic rings. The molecule has 0 bridgehead atoms. The normalized spacial score (nSPS) is 25.6. The Bertz CT molecular complexity index is 3900. The van der Waals surface area contributed by atoms with Crippen LogP contribution in [0.1, 0.15) is 46.5 Å². The lowest BCUT2D eigenvalue weighted by Crippen LogP contribution is -2.69. The number of esters is 1. The van der Waals surface area contributed by atoms with E-state index < -0.39 is 94.0 Å². The SMILES string of the molecule is CC1CC2C3CCC4=CC(=O)C=CC4(C)C3(F)C(O)CC2(C)C1(O)C(=O)CO.O=C(Nc1cccc2c(OC(=O)C(Cl)Cl)c(N=Nc3ccc(S(=O)(=O)Nc4nccs4)cc3)cc(N=Nc3ccc(S(=O)(=O)Nc4nccs4)cc3)c12)C(Cl)Cl. The van der Waals surface area contributed by atoms with Crippen molar-refractivity contribution in [3.63, 3.8) is 0 Å². The molecule has 0 radical (unpaired) electrons. The van der Waals surface area contributed by atoms with E-state index in [1.165, 1.54) is 97.3 Å². The maximum Gasteiger partial charge on any atom is 0.344 e. The summed E-state index contributed by atoms with van der Waals surface area (Å²) in [6.07, 6.45) is 7.36. The van der Waals surface area contributed by atoms with Crippen molar-refractivity contribution in [1.29, 1.82) is 0 Å². The molecular formula is C54H50Cl4FN9O12S4. The summed E-state index contributed by atoms with van der Waals surface area (Å²) in [6, 6.07) is 16.7. The van der Waals surface area contributed by atoms with E-state index in [-0.39, 0.29) is 83.1 Å². The van der Waals surface area contributed by atoms with Crippen LogP contribution >= 0.6 is 69.1 Å². The molecule has 3 saturated carbocycles. The number of aliphatic hydroxyl groups excluding tert-OH is 2. The lowest BCUT2D eigenvalue weighted by atomic mass is 9.44. The molecule has 30 heteroatoms. The second kappa shape index (κ2) is 24.3. The van der Waals surface area contributed by atoms with Gasteiger partial charge in [-0.25, -0.2) is 36.0 Å². The topological polar surface area (TPSA) is 318 Å². The number of thiazole rings is 2. The second-order valence-electron chi connectivity index (χ2n) is 20.5. The number of carbonyl (C=O) groups excluding carboxylic acids is 4. The number of hydrogen-bond acceptors (Lipinski definition) is 20. The summed E-state index contributed by atoms with van der Waals surface area (Å²) < 4.78 is 78.5.